The molecule has 0 radical (unpaired) electrons. The Morgan fingerprint density at radius 3 is 1.12 bits per heavy atom. The van der Waals surface area contributed by atoms with Crippen molar-refractivity contribution in [2.75, 3.05) is 0 Å². The molecule has 2 aromatic rings. The zero-order valence-corrected chi connectivity index (χ0v) is 25.4. The van der Waals surface area contributed by atoms with Gasteiger partial charge in [0, 0.05) is 19.8 Å². The van der Waals surface area contributed by atoms with Crippen LogP contribution in [0.5, 0.6) is 0 Å². The smallest absolute Gasteiger partial charge is 0.292 e. The van der Waals surface area contributed by atoms with E-state index in [0.717, 1.165) is 9.79 Å². The van der Waals surface area contributed by atoms with Crippen LogP contribution >= 0.6 is 55.0 Å². The summed E-state index contributed by atoms with van der Waals surface area (Å²) < 4.78 is 26.5. The summed E-state index contributed by atoms with van der Waals surface area (Å²) in [5, 5.41) is 1.36. The van der Waals surface area contributed by atoms with Gasteiger partial charge in [-0.1, -0.05) is 102 Å². The van der Waals surface area contributed by atoms with Gasteiger partial charge in [0.05, 0.1) is 0 Å². The highest BCUT2D eigenvalue weighted by Gasteiger charge is 2.46. The number of thioether (sulfide) groups is 2. The maximum Gasteiger partial charge on any atom is 0.321 e. The van der Waals surface area contributed by atoms with Crippen LogP contribution in [0.4, 0.5) is 0 Å². The Kier molecular flexibility index (Phi) is 11.4. The Balaban J connectivity index is 2.37. The molecular weight excluding hydrogens is 526 g/mol. The molecule has 190 valence electrons. The van der Waals surface area contributed by atoms with E-state index in [1.807, 2.05) is 48.5 Å². The molecule has 0 amide bonds. The van der Waals surface area contributed by atoms with Gasteiger partial charge < -0.3 is 0 Å². The first kappa shape index (κ1) is 30.1. The van der Waals surface area contributed by atoms with Crippen molar-refractivity contribution in [2.45, 2.75) is 75.0 Å². The van der Waals surface area contributed by atoms with Crippen molar-refractivity contribution in [3.8, 4) is 0 Å². The van der Waals surface area contributed by atoms with E-state index in [4.69, 9.17) is 32.2 Å². The summed E-state index contributed by atoms with van der Waals surface area (Å²) in [5.41, 5.74) is 0. The number of hydrogen-bond acceptors (Lipinski definition) is 5. The van der Waals surface area contributed by atoms with E-state index in [0.29, 0.717) is 10.0 Å². The molecule has 0 spiro atoms. The summed E-state index contributed by atoms with van der Waals surface area (Å²) in [7, 11) is -2.88. The second-order valence-corrected chi connectivity index (χ2v) is 14.0. The largest absolute Gasteiger partial charge is 0.321 e. The molecule has 0 aliphatic heterocycles. The maximum absolute atomic E-state index is 13.7. The Morgan fingerprint density at radius 1 is 0.618 bits per heavy atom. The van der Waals surface area contributed by atoms with Crippen LogP contribution in [0.25, 0.3) is 0 Å². The second-order valence-electron chi connectivity index (χ2n) is 9.63. The highest BCUT2D eigenvalue weighted by atomic mass is 35.5. The van der Waals surface area contributed by atoms with Gasteiger partial charge in [0.15, 0.2) is 0 Å². The van der Waals surface area contributed by atoms with Crippen molar-refractivity contribution in [3.05, 3.63) is 58.6 Å². The molecule has 0 fully saturated rings. The quantitative estimate of drug-likeness (QED) is 0.146. The van der Waals surface area contributed by atoms with Crippen LogP contribution in [0, 0.1) is 23.7 Å². The first-order valence-electron chi connectivity index (χ1n) is 11.6. The summed E-state index contributed by atoms with van der Waals surface area (Å²) in [6.07, 6.45) is 0. The SMILES string of the molecule is CC(C)C(O[PH](=O)OC(Sc1ccc(Cl)cc1)(C(C)C)C(C)C)(Sc1ccc(Cl)cc1)C(C)C. The van der Waals surface area contributed by atoms with Gasteiger partial charge in [-0.3, -0.25) is 13.6 Å². The fourth-order valence-electron chi connectivity index (χ4n) is 3.97. The first-order chi connectivity index (χ1) is 15.8. The standard InChI is InChI=1S/C26H37Cl2O3PS2/c1-17(2)25(18(3)4,33-23-13-9-21(27)10-14-23)30-32(29)31-26(19(5)6,20(7)8)34-24-15-11-22(28)12-16-24/h9-20,32H,1-8H3. The van der Waals surface area contributed by atoms with Gasteiger partial charge in [-0.2, -0.15) is 0 Å². The minimum absolute atomic E-state index is 0.0853. The van der Waals surface area contributed by atoms with Crippen molar-refractivity contribution in [1.29, 1.82) is 0 Å². The molecule has 0 unspecified atom stereocenters. The average molecular weight is 564 g/mol. The zero-order chi connectivity index (χ0) is 25.7. The van der Waals surface area contributed by atoms with Crippen LogP contribution in [-0.4, -0.2) is 9.87 Å². The Morgan fingerprint density at radius 2 is 0.882 bits per heavy atom. The molecule has 8 heteroatoms. The van der Waals surface area contributed by atoms with Crippen LogP contribution in [-0.2, 0) is 13.6 Å². The summed E-state index contributed by atoms with van der Waals surface area (Å²) in [6.45, 7) is 16.8. The number of rotatable bonds is 12. The molecule has 3 nitrogen and oxygen atoms in total. The molecule has 0 bridgehead atoms. The Bertz CT molecular complexity index is 841. The average Bonchev–Trinajstić information content (AvgIpc) is 2.75. The Labute approximate surface area is 225 Å². The highest BCUT2D eigenvalue weighted by Crippen LogP contribution is 2.56. The van der Waals surface area contributed by atoms with Gasteiger partial charge in [0.2, 0.25) is 0 Å². The maximum atomic E-state index is 13.7. The highest BCUT2D eigenvalue weighted by molar-refractivity contribution is 8.01. The molecule has 0 heterocycles. The molecular formula is C26H37Cl2O3PS2. The van der Waals surface area contributed by atoms with Gasteiger partial charge in [-0.05, 0) is 72.2 Å². The molecule has 0 N–H and O–H groups in total. The van der Waals surface area contributed by atoms with E-state index >= 15 is 0 Å². The molecule has 2 aromatic carbocycles. The third-order valence-corrected chi connectivity index (χ3v) is 11.4. The van der Waals surface area contributed by atoms with Crippen molar-refractivity contribution < 1.29 is 13.6 Å². The van der Waals surface area contributed by atoms with Gasteiger partial charge in [0.1, 0.15) is 9.87 Å². The molecule has 0 saturated carbocycles. The van der Waals surface area contributed by atoms with Crippen molar-refractivity contribution in [2.24, 2.45) is 23.7 Å². The molecule has 0 aliphatic rings. The lowest BCUT2D eigenvalue weighted by atomic mass is 9.95. The molecule has 2 rings (SSSR count). The molecule has 0 atom stereocenters. The number of halogens is 2. The van der Waals surface area contributed by atoms with Crippen LogP contribution in [0.3, 0.4) is 0 Å². The predicted molar refractivity (Wildman–Crippen MR) is 151 cm³/mol. The first-order valence-corrected chi connectivity index (χ1v) is 15.2. The summed E-state index contributed by atoms with van der Waals surface area (Å²) in [4.78, 5) is 0.565. The Hall–Kier alpha value is -0.130. The number of benzene rings is 2. The van der Waals surface area contributed by atoms with E-state index in [9.17, 15) is 4.57 Å². The van der Waals surface area contributed by atoms with E-state index in [1.165, 1.54) is 0 Å². The van der Waals surface area contributed by atoms with Crippen molar-refractivity contribution >= 4 is 55.0 Å². The minimum Gasteiger partial charge on any atom is -0.292 e. The van der Waals surface area contributed by atoms with E-state index in [2.05, 4.69) is 55.4 Å². The lowest BCUT2D eigenvalue weighted by Gasteiger charge is -2.43. The fourth-order valence-corrected chi connectivity index (χ4v) is 8.70. The molecule has 34 heavy (non-hydrogen) atoms. The van der Waals surface area contributed by atoms with Crippen molar-refractivity contribution in [1.82, 2.24) is 0 Å². The van der Waals surface area contributed by atoms with Gasteiger partial charge in [-0.15, -0.1) is 0 Å². The van der Waals surface area contributed by atoms with Gasteiger partial charge >= 0.3 is 8.25 Å². The monoisotopic (exact) mass is 562 g/mol. The summed E-state index contributed by atoms with van der Waals surface area (Å²) in [5.74, 6) is 0.341. The third-order valence-electron chi connectivity index (χ3n) is 5.89. The normalized spacial score (nSPS) is 13.1. The van der Waals surface area contributed by atoms with Crippen LogP contribution in [0.2, 0.25) is 10.0 Å². The zero-order valence-electron chi connectivity index (χ0n) is 21.2. The van der Waals surface area contributed by atoms with E-state index in [1.54, 1.807) is 23.5 Å². The van der Waals surface area contributed by atoms with Gasteiger partial charge in [-0.25, -0.2) is 0 Å². The summed E-state index contributed by atoms with van der Waals surface area (Å²) >= 11 is 15.3. The third kappa shape index (κ3) is 7.44. The van der Waals surface area contributed by atoms with E-state index < -0.39 is 18.1 Å². The minimum atomic E-state index is -2.88. The molecule has 0 aliphatic carbocycles. The predicted octanol–water partition coefficient (Wildman–Crippen LogP) is 10.3. The van der Waals surface area contributed by atoms with Crippen LogP contribution in [0.1, 0.15) is 55.4 Å². The van der Waals surface area contributed by atoms with Crippen LogP contribution < -0.4 is 0 Å². The lowest BCUT2D eigenvalue weighted by molar-refractivity contribution is 0.0150. The number of hydrogen-bond donors (Lipinski definition) is 0. The molecule has 0 saturated heterocycles. The van der Waals surface area contributed by atoms with E-state index in [-0.39, 0.29) is 23.7 Å². The summed E-state index contributed by atoms with van der Waals surface area (Å²) in [6, 6.07) is 15.3. The fraction of sp³-hybridized carbons (Fsp3) is 0.538. The second kappa shape index (κ2) is 12.9. The lowest BCUT2D eigenvalue weighted by Crippen LogP contribution is -2.41. The molecule has 0 aromatic heterocycles. The van der Waals surface area contributed by atoms with Crippen LogP contribution in [0.15, 0.2) is 58.3 Å². The van der Waals surface area contributed by atoms with Crippen molar-refractivity contribution in [3.63, 3.8) is 0 Å². The van der Waals surface area contributed by atoms with Gasteiger partial charge in [0.25, 0.3) is 0 Å². The topological polar surface area (TPSA) is 35.5 Å².